The van der Waals surface area contributed by atoms with Crippen LogP contribution in [0, 0.1) is 11.8 Å². The lowest BCUT2D eigenvalue weighted by molar-refractivity contribution is 0.338. The van der Waals surface area contributed by atoms with E-state index in [9.17, 15) is 0 Å². The molecule has 0 N–H and O–H groups in total. The van der Waals surface area contributed by atoms with Crippen molar-refractivity contribution in [1.82, 2.24) is 0 Å². The van der Waals surface area contributed by atoms with E-state index in [-0.39, 0.29) is 0 Å². The predicted octanol–water partition coefficient (Wildman–Crippen LogP) is 3.79. The number of rotatable bonds is 0. The minimum Gasteiger partial charge on any atom is -0.0802 e. The smallest absolute Gasteiger partial charge is 0.0161 e. The van der Waals surface area contributed by atoms with Gasteiger partial charge in [-0.25, -0.2) is 0 Å². The molecule has 0 nitrogen and oxygen atoms in total. The van der Waals surface area contributed by atoms with Gasteiger partial charge in [0.15, 0.2) is 0 Å². The van der Waals surface area contributed by atoms with Crippen molar-refractivity contribution in [2.75, 3.05) is 0 Å². The molecule has 2 unspecified atom stereocenters. The molecule has 3 aliphatic carbocycles. The molecule has 0 aromatic carbocycles. The zero-order valence-corrected chi connectivity index (χ0v) is 8.45. The largest absolute Gasteiger partial charge is 0.0802 e. The van der Waals surface area contributed by atoms with E-state index in [0.717, 1.165) is 11.8 Å². The Morgan fingerprint density at radius 3 is 2.71 bits per heavy atom. The summed E-state index contributed by atoms with van der Waals surface area (Å²) in [6, 6.07) is 0. The second-order valence-electron chi connectivity index (χ2n) is 4.57. The van der Waals surface area contributed by atoms with Gasteiger partial charge in [0.25, 0.3) is 0 Å². The van der Waals surface area contributed by atoms with Crippen LogP contribution in [0.5, 0.6) is 0 Å². The van der Waals surface area contributed by atoms with Crippen LogP contribution >= 0.6 is 0 Å². The molecule has 3 aliphatic rings. The molecular formula is C14H16. The lowest BCUT2D eigenvalue weighted by Gasteiger charge is -2.26. The van der Waals surface area contributed by atoms with Gasteiger partial charge in [-0.05, 0) is 35.8 Å². The van der Waals surface area contributed by atoms with Gasteiger partial charge >= 0.3 is 0 Å². The third kappa shape index (κ3) is 1.30. The zero-order chi connectivity index (χ0) is 9.38. The Kier molecular flexibility index (Phi) is 1.93. The van der Waals surface area contributed by atoms with Crippen LogP contribution in [0.3, 0.4) is 0 Å². The minimum absolute atomic E-state index is 0.809. The highest BCUT2D eigenvalue weighted by atomic mass is 14.3. The standard InChI is InChI=1S/C14H16/c1-2-5-13-10-14-7-3-6-12(14)9-8-11(13)4-1/h3,6-11,13H,1-2,4-5H2. The van der Waals surface area contributed by atoms with Crippen LogP contribution in [0.4, 0.5) is 0 Å². The van der Waals surface area contributed by atoms with Crippen LogP contribution in [-0.4, -0.2) is 0 Å². The van der Waals surface area contributed by atoms with E-state index in [2.05, 4.69) is 36.5 Å². The van der Waals surface area contributed by atoms with Gasteiger partial charge in [-0.15, -0.1) is 0 Å². The van der Waals surface area contributed by atoms with Crippen molar-refractivity contribution >= 4 is 0 Å². The average Bonchev–Trinajstić information content (AvgIpc) is 2.58. The maximum atomic E-state index is 2.50. The molecule has 0 heterocycles. The number of fused-ring (bicyclic) bond motifs is 2. The van der Waals surface area contributed by atoms with Crippen molar-refractivity contribution in [3.8, 4) is 0 Å². The molecular weight excluding hydrogens is 168 g/mol. The fraction of sp³-hybridized carbons (Fsp3) is 0.429. The average molecular weight is 184 g/mol. The fourth-order valence-electron chi connectivity index (χ4n) is 2.84. The van der Waals surface area contributed by atoms with E-state index in [1.807, 2.05) is 0 Å². The van der Waals surface area contributed by atoms with Gasteiger partial charge < -0.3 is 0 Å². The van der Waals surface area contributed by atoms with Crippen molar-refractivity contribution in [3.63, 3.8) is 0 Å². The molecule has 14 heavy (non-hydrogen) atoms. The first-order valence-corrected chi connectivity index (χ1v) is 5.72. The van der Waals surface area contributed by atoms with E-state index < -0.39 is 0 Å². The van der Waals surface area contributed by atoms with Gasteiger partial charge in [-0.1, -0.05) is 49.3 Å². The lowest BCUT2D eigenvalue weighted by atomic mass is 9.79. The summed E-state index contributed by atoms with van der Waals surface area (Å²) < 4.78 is 0. The van der Waals surface area contributed by atoms with E-state index in [1.54, 1.807) is 0 Å². The summed E-state index contributed by atoms with van der Waals surface area (Å²) in [5, 5.41) is 0. The molecule has 72 valence electrons. The highest BCUT2D eigenvalue weighted by Crippen LogP contribution is 2.37. The monoisotopic (exact) mass is 184 g/mol. The molecule has 0 aromatic heterocycles. The fourth-order valence-corrected chi connectivity index (χ4v) is 2.84. The number of hydrogen-bond acceptors (Lipinski definition) is 0. The van der Waals surface area contributed by atoms with Gasteiger partial charge in [0, 0.05) is 0 Å². The van der Waals surface area contributed by atoms with Crippen LogP contribution < -0.4 is 0 Å². The Morgan fingerprint density at radius 2 is 1.79 bits per heavy atom. The van der Waals surface area contributed by atoms with Gasteiger partial charge in [-0.2, -0.15) is 0 Å². The van der Waals surface area contributed by atoms with Crippen LogP contribution in [0.15, 0.2) is 47.6 Å². The van der Waals surface area contributed by atoms with E-state index in [0.29, 0.717) is 0 Å². The quantitative estimate of drug-likeness (QED) is 0.537. The molecule has 0 aromatic rings. The summed E-state index contributed by atoms with van der Waals surface area (Å²) in [5.41, 5.74) is 2.87. The van der Waals surface area contributed by atoms with E-state index in [4.69, 9.17) is 0 Å². The first-order chi connectivity index (χ1) is 6.93. The second kappa shape index (κ2) is 3.27. The Bertz CT molecular complexity index is 352. The van der Waals surface area contributed by atoms with Crippen molar-refractivity contribution < 1.29 is 0 Å². The van der Waals surface area contributed by atoms with Gasteiger partial charge in [-0.3, -0.25) is 0 Å². The maximum absolute atomic E-state index is 2.50. The van der Waals surface area contributed by atoms with Crippen LogP contribution in [-0.2, 0) is 0 Å². The molecule has 0 amide bonds. The van der Waals surface area contributed by atoms with Crippen molar-refractivity contribution in [1.29, 1.82) is 0 Å². The van der Waals surface area contributed by atoms with E-state index in [1.165, 1.54) is 36.8 Å². The SMILES string of the molecule is C1=CC2=CC3CCCCC3C=CC2=C1. The second-order valence-corrected chi connectivity index (χ2v) is 4.57. The summed E-state index contributed by atoms with van der Waals surface area (Å²) in [5.74, 6) is 1.62. The molecule has 0 aliphatic heterocycles. The Labute approximate surface area is 85.7 Å². The van der Waals surface area contributed by atoms with Crippen LogP contribution in [0.25, 0.3) is 0 Å². The van der Waals surface area contributed by atoms with Gasteiger partial charge in [0.2, 0.25) is 0 Å². The minimum atomic E-state index is 0.809. The Hall–Kier alpha value is -1.04. The van der Waals surface area contributed by atoms with Crippen LogP contribution in [0.2, 0.25) is 0 Å². The van der Waals surface area contributed by atoms with Crippen LogP contribution in [0.1, 0.15) is 25.7 Å². The topological polar surface area (TPSA) is 0 Å². The number of hydrogen-bond donors (Lipinski definition) is 0. The predicted molar refractivity (Wildman–Crippen MR) is 59.9 cm³/mol. The molecule has 0 radical (unpaired) electrons. The molecule has 0 heteroatoms. The van der Waals surface area contributed by atoms with Crippen molar-refractivity contribution in [2.45, 2.75) is 25.7 Å². The lowest BCUT2D eigenvalue weighted by Crippen LogP contribution is -2.15. The van der Waals surface area contributed by atoms with Gasteiger partial charge in [0.05, 0.1) is 0 Å². The Balaban J connectivity index is 1.97. The molecule has 0 spiro atoms. The summed E-state index contributed by atoms with van der Waals surface area (Å²) in [7, 11) is 0. The molecule has 3 rings (SSSR count). The summed E-state index contributed by atoms with van der Waals surface area (Å²) >= 11 is 0. The highest BCUT2D eigenvalue weighted by molar-refractivity contribution is 5.55. The first-order valence-electron chi connectivity index (χ1n) is 5.72. The first kappa shape index (κ1) is 8.28. The van der Waals surface area contributed by atoms with Crippen molar-refractivity contribution in [2.24, 2.45) is 11.8 Å². The molecule has 0 bridgehead atoms. The molecule has 1 fully saturated rings. The van der Waals surface area contributed by atoms with Gasteiger partial charge in [0.1, 0.15) is 0 Å². The summed E-state index contributed by atoms with van der Waals surface area (Å²) in [6.07, 6.45) is 19.5. The van der Waals surface area contributed by atoms with Crippen molar-refractivity contribution in [3.05, 3.63) is 47.6 Å². The molecule has 0 saturated heterocycles. The maximum Gasteiger partial charge on any atom is -0.0161 e. The normalized spacial score (nSPS) is 34.3. The third-order valence-electron chi connectivity index (χ3n) is 3.68. The molecule has 2 atom stereocenters. The van der Waals surface area contributed by atoms with E-state index >= 15 is 0 Å². The third-order valence-corrected chi connectivity index (χ3v) is 3.68. The zero-order valence-electron chi connectivity index (χ0n) is 8.45. The number of allylic oxidation sites excluding steroid dienone is 8. The Morgan fingerprint density at radius 1 is 0.929 bits per heavy atom. The highest BCUT2D eigenvalue weighted by Gasteiger charge is 2.24. The summed E-state index contributed by atoms with van der Waals surface area (Å²) in [6.45, 7) is 0. The molecule has 1 saturated carbocycles. The summed E-state index contributed by atoms with van der Waals surface area (Å²) in [4.78, 5) is 0.